The van der Waals surface area contributed by atoms with Crippen LogP contribution in [0, 0.1) is 46.3 Å². The number of aliphatic hydroxyl groups excluding tert-OH is 2. The molecule has 0 heterocycles. The third kappa shape index (κ3) is 5.97. The van der Waals surface area contributed by atoms with Crippen LogP contribution < -0.4 is 0 Å². The van der Waals surface area contributed by atoms with E-state index >= 15 is 0 Å². The van der Waals surface area contributed by atoms with Crippen molar-refractivity contribution in [2.75, 3.05) is 0 Å². The van der Waals surface area contributed by atoms with Crippen LogP contribution in [0.15, 0.2) is 36.4 Å². The molecular weight excluding hydrogens is 604 g/mol. The van der Waals surface area contributed by atoms with E-state index in [4.69, 9.17) is 0 Å². The smallest absolute Gasteiger partial charge is 0.115 e. The summed E-state index contributed by atoms with van der Waals surface area (Å²) < 4.78 is 0. The summed E-state index contributed by atoms with van der Waals surface area (Å²) in [6.45, 7) is 4.77. The Kier molecular flexibility index (Phi) is 9.39. The molecule has 4 nitrogen and oxygen atoms in total. The van der Waals surface area contributed by atoms with Gasteiger partial charge in [-0.05, 0) is 182 Å². The van der Waals surface area contributed by atoms with Crippen molar-refractivity contribution >= 4 is 0 Å². The van der Waals surface area contributed by atoms with Crippen molar-refractivity contribution in [2.24, 2.45) is 46.3 Å². The number of unbranched alkanes of at least 4 members (excludes halogenated alkanes) is 6. The van der Waals surface area contributed by atoms with E-state index in [2.05, 4.69) is 38.1 Å². The summed E-state index contributed by atoms with van der Waals surface area (Å²) in [4.78, 5) is 0. The van der Waals surface area contributed by atoms with E-state index in [-0.39, 0.29) is 23.0 Å². The van der Waals surface area contributed by atoms with Gasteiger partial charge < -0.3 is 20.4 Å². The average Bonchev–Trinajstić information content (AvgIpc) is 3.56. The van der Waals surface area contributed by atoms with Crippen LogP contribution in [0.2, 0.25) is 0 Å². The Morgan fingerprint density at radius 1 is 0.551 bits per heavy atom. The van der Waals surface area contributed by atoms with Crippen molar-refractivity contribution < 1.29 is 20.4 Å². The molecule has 4 saturated carbocycles. The molecule has 268 valence electrons. The maximum Gasteiger partial charge on any atom is 0.115 e. The molecule has 0 aliphatic heterocycles. The van der Waals surface area contributed by atoms with Crippen LogP contribution in [0.1, 0.15) is 157 Å². The van der Waals surface area contributed by atoms with E-state index in [0.717, 1.165) is 38.5 Å². The van der Waals surface area contributed by atoms with Crippen molar-refractivity contribution in [3.63, 3.8) is 0 Å². The highest BCUT2D eigenvalue weighted by molar-refractivity contribution is 5.42. The topological polar surface area (TPSA) is 80.9 Å². The summed E-state index contributed by atoms with van der Waals surface area (Å²) in [5.74, 6) is 5.97. The molecule has 6 aliphatic carbocycles. The number of aliphatic hydroxyl groups is 2. The predicted octanol–water partition coefficient (Wildman–Crippen LogP) is 10.2. The Balaban J connectivity index is 0.827. The first-order valence-electron chi connectivity index (χ1n) is 20.7. The van der Waals surface area contributed by atoms with E-state index in [9.17, 15) is 20.4 Å². The molecule has 0 radical (unpaired) electrons. The first-order chi connectivity index (χ1) is 23.7. The quantitative estimate of drug-likeness (QED) is 0.190. The zero-order valence-electron chi connectivity index (χ0n) is 30.5. The van der Waals surface area contributed by atoms with Gasteiger partial charge >= 0.3 is 0 Å². The number of hydrogen-bond acceptors (Lipinski definition) is 4. The minimum atomic E-state index is -0.137. The highest BCUT2D eigenvalue weighted by Crippen LogP contribution is 2.64. The van der Waals surface area contributed by atoms with Gasteiger partial charge in [0.15, 0.2) is 0 Å². The molecule has 0 saturated heterocycles. The van der Waals surface area contributed by atoms with Gasteiger partial charge in [-0.1, -0.05) is 70.9 Å². The average molecular weight is 669 g/mol. The molecule has 0 spiro atoms. The summed E-state index contributed by atoms with van der Waals surface area (Å²) in [7, 11) is 0. The lowest BCUT2D eigenvalue weighted by atomic mass is 9.52. The van der Waals surface area contributed by atoms with Gasteiger partial charge in [0.1, 0.15) is 11.5 Å². The van der Waals surface area contributed by atoms with Crippen LogP contribution in [0.25, 0.3) is 0 Å². The van der Waals surface area contributed by atoms with Gasteiger partial charge in [0.2, 0.25) is 0 Å². The first-order valence-corrected chi connectivity index (χ1v) is 20.7. The molecule has 0 amide bonds. The molecule has 4 N–H and O–H groups in total. The molecule has 0 aromatic heterocycles. The predicted molar refractivity (Wildman–Crippen MR) is 197 cm³/mol. The summed E-state index contributed by atoms with van der Waals surface area (Å²) >= 11 is 0. The van der Waals surface area contributed by atoms with Gasteiger partial charge in [0, 0.05) is 0 Å². The SMILES string of the molecule is C[C@]12CC[C@@H]3c4ccc(O)cc4C[C@@H](CCCCCCCCC[C@@H]4Cc5cc(O)ccc5[C@H]5CC[C@]6(C)[C@@H](O)CC[C@H]6[C@H]45)[C@H]3[C@@H]1CC[C@@H]2O. The zero-order chi connectivity index (χ0) is 33.9. The molecule has 2 aromatic rings. The second-order valence-electron chi connectivity index (χ2n) is 18.6. The molecule has 2 aromatic carbocycles. The van der Waals surface area contributed by atoms with Crippen LogP contribution in [0.3, 0.4) is 0 Å². The van der Waals surface area contributed by atoms with Gasteiger partial charge in [-0.3, -0.25) is 0 Å². The van der Waals surface area contributed by atoms with Crippen LogP contribution >= 0.6 is 0 Å². The van der Waals surface area contributed by atoms with E-state index in [1.807, 2.05) is 12.1 Å². The summed E-state index contributed by atoms with van der Waals surface area (Å²) in [6, 6.07) is 12.3. The maximum absolute atomic E-state index is 11.0. The Hall–Kier alpha value is -2.04. The zero-order valence-corrected chi connectivity index (χ0v) is 30.5. The van der Waals surface area contributed by atoms with Gasteiger partial charge in [0.25, 0.3) is 0 Å². The highest BCUT2D eigenvalue weighted by atomic mass is 16.3. The minimum absolute atomic E-state index is 0.0898. The van der Waals surface area contributed by atoms with Gasteiger partial charge in [-0.2, -0.15) is 0 Å². The number of hydrogen-bond donors (Lipinski definition) is 4. The van der Waals surface area contributed by atoms with Crippen molar-refractivity contribution in [3.05, 3.63) is 58.7 Å². The first kappa shape index (κ1) is 34.1. The number of benzene rings is 2. The fourth-order valence-electron chi connectivity index (χ4n) is 13.8. The number of fused-ring (bicyclic) bond motifs is 10. The number of aromatic hydroxyl groups is 2. The Labute approximate surface area is 296 Å². The fraction of sp³-hybridized carbons (Fsp3) is 0.733. The maximum atomic E-state index is 11.0. The lowest BCUT2D eigenvalue weighted by molar-refractivity contribution is -0.0396. The second kappa shape index (κ2) is 13.5. The Morgan fingerprint density at radius 2 is 0.959 bits per heavy atom. The number of phenols is 2. The van der Waals surface area contributed by atoms with Crippen molar-refractivity contribution in [2.45, 2.75) is 160 Å². The van der Waals surface area contributed by atoms with Crippen LogP contribution in [-0.4, -0.2) is 32.6 Å². The summed E-state index contributed by atoms with van der Waals surface area (Å²) in [5, 5.41) is 42.6. The van der Waals surface area contributed by atoms with Gasteiger partial charge in [-0.25, -0.2) is 0 Å². The Bertz CT molecular complexity index is 1370. The van der Waals surface area contributed by atoms with Crippen LogP contribution in [0.5, 0.6) is 11.5 Å². The normalized spacial score (nSPS) is 40.5. The number of rotatable bonds is 10. The van der Waals surface area contributed by atoms with Crippen molar-refractivity contribution in [1.82, 2.24) is 0 Å². The molecule has 0 bridgehead atoms. The minimum Gasteiger partial charge on any atom is -0.508 e. The molecule has 49 heavy (non-hydrogen) atoms. The van der Waals surface area contributed by atoms with E-state index < -0.39 is 0 Å². The molecular formula is C45H64O4. The lowest BCUT2D eigenvalue weighted by Crippen LogP contribution is -2.47. The van der Waals surface area contributed by atoms with Crippen LogP contribution in [-0.2, 0) is 12.8 Å². The molecule has 8 rings (SSSR count). The van der Waals surface area contributed by atoms with E-state index in [0.29, 0.717) is 58.8 Å². The largest absolute Gasteiger partial charge is 0.508 e. The fourth-order valence-corrected chi connectivity index (χ4v) is 13.8. The third-order valence-electron chi connectivity index (χ3n) is 16.3. The summed E-state index contributed by atoms with van der Waals surface area (Å²) in [6.07, 6.45) is 22.7. The van der Waals surface area contributed by atoms with Crippen LogP contribution in [0.4, 0.5) is 0 Å². The molecule has 12 atom stereocenters. The van der Waals surface area contributed by atoms with E-state index in [1.165, 1.54) is 106 Å². The Morgan fingerprint density at radius 3 is 1.39 bits per heavy atom. The third-order valence-corrected chi connectivity index (χ3v) is 16.3. The molecule has 4 heteroatoms. The highest BCUT2D eigenvalue weighted by Gasteiger charge is 2.58. The summed E-state index contributed by atoms with van der Waals surface area (Å²) in [5.41, 5.74) is 5.94. The molecule has 0 unspecified atom stereocenters. The molecule has 4 fully saturated rings. The van der Waals surface area contributed by atoms with Crippen molar-refractivity contribution in [1.29, 1.82) is 0 Å². The van der Waals surface area contributed by atoms with Crippen molar-refractivity contribution in [3.8, 4) is 11.5 Å². The molecule has 6 aliphatic rings. The van der Waals surface area contributed by atoms with Gasteiger partial charge in [0.05, 0.1) is 12.2 Å². The monoisotopic (exact) mass is 668 g/mol. The standard InChI is InChI=1S/C45H64O4/c1-44-22-20-36-34-14-12-32(46)26-30(34)24-28(42(36)38(44)16-18-40(44)48)10-8-6-4-3-5-7-9-11-29-25-31-27-33(47)13-15-35(31)37-21-23-45(2)39(43(29)37)17-19-41(45)49/h12-15,26-29,36-43,46-49H,3-11,16-25H2,1-2H3/t28-,29-,36-,37-,38+,39+,40+,41+,42-,43-,44+,45+/m1/s1. The second-order valence-corrected chi connectivity index (χ2v) is 18.6. The lowest BCUT2D eigenvalue weighted by Gasteiger charge is -2.53. The number of phenolic OH excluding ortho intramolecular Hbond substituents is 2. The van der Waals surface area contributed by atoms with E-state index in [1.54, 1.807) is 0 Å². The van der Waals surface area contributed by atoms with Gasteiger partial charge in [-0.15, -0.1) is 0 Å².